The average molecular weight is 354 g/mol. The van der Waals surface area contributed by atoms with E-state index in [1.54, 1.807) is 49.6 Å². The van der Waals surface area contributed by atoms with E-state index in [0.29, 0.717) is 27.9 Å². The first kappa shape index (κ1) is 17.4. The van der Waals surface area contributed by atoms with Gasteiger partial charge in [0, 0.05) is 0 Å². The number of benzene rings is 2. The Morgan fingerprint density at radius 1 is 1.09 bits per heavy atom. The number of amides is 1. The Bertz CT molecular complexity index is 654. The molecular formula is C17H17Cl2NO3. The van der Waals surface area contributed by atoms with E-state index in [1.807, 2.05) is 6.92 Å². The summed E-state index contributed by atoms with van der Waals surface area (Å²) in [4.78, 5) is 12.4. The molecule has 2 aromatic rings. The monoisotopic (exact) mass is 353 g/mol. The van der Waals surface area contributed by atoms with Crippen molar-refractivity contribution < 1.29 is 14.3 Å². The highest BCUT2D eigenvalue weighted by Gasteiger charge is 2.20. The summed E-state index contributed by atoms with van der Waals surface area (Å²) >= 11 is 12.1. The SMILES string of the molecule is CC[C@H](Oc1ccc(OC)cc1)C(=O)Nc1c(Cl)cccc1Cl. The highest BCUT2D eigenvalue weighted by atomic mass is 35.5. The molecule has 0 heterocycles. The molecular weight excluding hydrogens is 337 g/mol. The fourth-order valence-corrected chi connectivity index (χ4v) is 2.45. The van der Waals surface area contributed by atoms with E-state index >= 15 is 0 Å². The fraction of sp³-hybridized carbons (Fsp3) is 0.235. The summed E-state index contributed by atoms with van der Waals surface area (Å²) < 4.78 is 10.8. The van der Waals surface area contributed by atoms with Crippen LogP contribution in [0.4, 0.5) is 5.69 Å². The predicted molar refractivity (Wildman–Crippen MR) is 92.8 cm³/mol. The second-order valence-corrected chi connectivity index (χ2v) is 5.59. The first-order chi connectivity index (χ1) is 11.0. The van der Waals surface area contributed by atoms with Crippen LogP contribution in [0.3, 0.4) is 0 Å². The van der Waals surface area contributed by atoms with Gasteiger partial charge in [-0.1, -0.05) is 36.2 Å². The first-order valence-electron chi connectivity index (χ1n) is 7.10. The predicted octanol–water partition coefficient (Wildman–Crippen LogP) is 4.80. The van der Waals surface area contributed by atoms with Gasteiger partial charge < -0.3 is 14.8 Å². The van der Waals surface area contributed by atoms with Crippen LogP contribution in [0, 0.1) is 0 Å². The number of halogens is 2. The molecule has 0 fully saturated rings. The number of hydrogen-bond acceptors (Lipinski definition) is 3. The molecule has 2 aromatic carbocycles. The van der Waals surface area contributed by atoms with Gasteiger partial charge in [0.1, 0.15) is 11.5 Å². The number of methoxy groups -OCH3 is 1. The average Bonchev–Trinajstić information content (AvgIpc) is 2.56. The summed E-state index contributed by atoms with van der Waals surface area (Å²) in [5, 5.41) is 3.48. The van der Waals surface area contributed by atoms with E-state index < -0.39 is 6.10 Å². The Hall–Kier alpha value is -1.91. The Morgan fingerprint density at radius 2 is 1.65 bits per heavy atom. The summed E-state index contributed by atoms with van der Waals surface area (Å²) in [5.41, 5.74) is 0.387. The second kappa shape index (κ2) is 8.09. The summed E-state index contributed by atoms with van der Waals surface area (Å²) in [7, 11) is 1.59. The molecule has 0 aliphatic rings. The third-order valence-corrected chi connectivity index (χ3v) is 3.84. The van der Waals surface area contributed by atoms with Gasteiger partial charge in [0.15, 0.2) is 6.10 Å². The summed E-state index contributed by atoms with van der Waals surface area (Å²) in [6.07, 6.45) is -0.157. The Labute approximate surface area is 145 Å². The third kappa shape index (κ3) is 4.53. The van der Waals surface area contributed by atoms with Crippen LogP contribution in [0.25, 0.3) is 0 Å². The Morgan fingerprint density at radius 3 is 2.17 bits per heavy atom. The van der Waals surface area contributed by atoms with E-state index in [4.69, 9.17) is 32.7 Å². The lowest BCUT2D eigenvalue weighted by molar-refractivity contribution is -0.122. The van der Waals surface area contributed by atoms with Gasteiger partial charge in [0.25, 0.3) is 5.91 Å². The van der Waals surface area contributed by atoms with Gasteiger partial charge in [-0.2, -0.15) is 0 Å². The minimum Gasteiger partial charge on any atom is -0.497 e. The quantitative estimate of drug-likeness (QED) is 0.811. The van der Waals surface area contributed by atoms with Crippen LogP contribution in [0.15, 0.2) is 42.5 Å². The van der Waals surface area contributed by atoms with Gasteiger partial charge in [-0.25, -0.2) is 0 Å². The summed E-state index contributed by atoms with van der Waals surface area (Å²) in [5.74, 6) is 0.995. The maximum Gasteiger partial charge on any atom is 0.265 e. The molecule has 23 heavy (non-hydrogen) atoms. The second-order valence-electron chi connectivity index (χ2n) is 4.78. The van der Waals surface area contributed by atoms with Gasteiger partial charge in [0.2, 0.25) is 0 Å². The van der Waals surface area contributed by atoms with Crippen molar-refractivity contribution in [3.8, 4) is 11.5 Å². The van der Waals surface area contributed by atoms with Gasteiger partial charge >= 0.3 is 0 Å². The van der Waals surface area contributed by atoms with E-state index in [-0.39, 0.29) is 5.91 Å². The molecule has 0 bridgehead atoms. The van der Waals surface area contributed by atoms with Crippen molar-refractivity contribution >= 4 is 34.8 Å². The van der Waals surface area contributed by atoms with Crippen molar-refractivity contribution in [2.24, 2.45) is 0 Å². The van der Waals surface area contributed by atoms with Crippen molar-refractivity contribution in [1.82, 2.24) is 0 Å². The van der Waals surface area contributed by atoms with E-state index in [1.165, 1.54) is 0 Å². The van der Waals surface area contributed by atoms with Gasteiger partial charge in [-0.3, -0.25) is 4.79 Å². The smallest absolute Gasteiger partial charge is 0.265 e. The number of carbonyl (C=O) groups is 1. The maximum atomic E-state index is 12.4. The third-order valence-electron chi connectivity index (χ3n) is 3.21. The number of para-hydroxylation sites is 1. The van der Waals surface area contributed by atoms with Crippen molar-refractivity contribution in [2.75, 3.05) is 12.4 Å². The molecule has 122 valence electrons. The zero-order valence-corrected chi connectivity index (χ0v) is 14.3. The van der Waals surface area contributed by atoms with E-state index in [2.05, 4.69) is 5.32 Å². The highest BCUT2D eigenvalue weighted by Crippen LogP contribution is 2.30. The first-order valence-corrected chi connectivity index (χ1v) is 7.86. The van der Waals surface area contributed by atoms with E-state index in [0.717, 1.165) is 5.75 Å². The Kier molecular flexibility index (Phi) is 6.13. The standard InChI is InChI=1S/C17H17Cl2NO3/c1-3-15(23-12-9-7-11(22-2)8-10-12)17(21)20-16-13(18)5-4-6-14(16)19/h4-10,15H,3H2,1-2H3,(H,20,21)/t15-/m0/s1. The van der Waals surface area contributed by atoms with Crippen LogP contribution in [0.1, 0.15) is 13.3 Å². The van der Waals surface area contributed by atoms with Crippen molar-refractivity contribution in [2.45, 2.75) is 19.4 Å². The lowest BCUT2D eigenvalue weighted by Gasteiger charge is -2.18. The lowest BCUT2D eigenvalue weighted by atomic mass is 10.2. The van der Waals surface area contributed by atoms with E-state index in [9.17, 15) is 4.79 Å². The largest absolute Gasteiger partial charge is 0.497 e. The zero-order chi connectivity index (χ0) is 16.8. The molecule has 0 radical (unpaired) electrons. The number of ether oxygens (including phenoxy) is 2. The molecule has 0 aromatic heterocycles. The van der Waals surface area contributed by atoms with Crippen LogP contribution in [-0.2, 0) is 4.79 Å². The number of anilines is 1. The molecule has 0 saturated carbocycles. The summed E-state index contributed by atoms with van der Waals surface area (Å²) in [6.45, 7) is 1.86. The van der Waals surface area contributed by atoms with Crippen LogP contribution < -0.4 is 14.8 Å². The number of carbonyl (C=O) groups excluding carboxylic acids is 1. The number of hydrogen-bond donors (Lipinski definition) is 1. The molecule has 0 unspecified atom stereocenters. The molecule has 2 rings (SSSR count). The van der Waals surface area contributed by atoms with Gasteiger partial charge in [-0.05, 0) is 42.8 Å². The molecule has 1 atom stereocenters. The van der Waals surface area contributed by atoms with Crippen molar-refractivity contribution in [3.63, 3.8) is 0 Å². The molecule has 0 aliphatic heterocycles. The van der Waals surface area contributed by atoms with Crippen molar-refractivity contribution in [3.05, 3.63) is 52.5 Å². The maximum absolute atomic E-state index is 12.4. The lowest BCUT2D eigenvalue weighted by Crippen LogP contribution is -2.32. The van der Waals surface area contributed by atoms with Crippen LogP contribution in [0.2, 0.25) is 10.0 Å². The Balaban J connectivity index is 2.09. The fourth-order valence-electron chi connectivity index (χ4n) is 1.96. The molecule has 0 spiro atoms. The van der Waals surface area contributed by atoms with Crippen LogP contribution in [-0.4, -0.2) is 19.1 Å². The number of nitrogens with one attached hydrogen (secondary N) is 1. The van der Waals surface area contributed by atoms with Crippen molar-refractivity contribution in [1.29, 1.82) is 0 Å². The van der Waals surface area contributed by atoms with Gasteiger partial charge in [-0.15, -0.1) is 0 Å². The molecule has 0 saturated heterocycles. The molecule has 1 N–H and O–H groups in total. The molecule has 1 amide bonds. The zero-order valence-electron chi connectivity index (χ0n) is 12.8. The van der Waals surface area contributed by atoms with Gasteiger partial charge in [0.05, 0.1) is 22.8 Å². The number of rotatable bonds is 6. The molecule has 6 heteroatoms. The van der Waals surface area contributed by atoms with Crippen LogP contribution >= 0.6 is 23.2 Å². The molecule has 4 nitrogen and oxygen atoms in total. The normalized spacial score (nSPS) is 11.7. The molecule has 0 aliphatic carbocycles. The topological polar surface area (TPSA) is 47.6 Å². The highest BCUT2D eigenvalue weighted by molar-refractivity contribution is 6.39. The minimum atomic E-state index is -0.657. The minimum absolute atomic E-state index is 0.307. The van der Waals surface area contributed by atoms with Crippen LogP contribution in [0.5, 0.6) is 11.5 Å². The summed E-state index contributed by atoms with van der Waals surface area (Å²) in [6, 6.07) is 12.1.